The summed E-state index contributed by atoms with van der Waals surface area (Å²) in [4.78, 5) is 4.70. The molecule has 0 unspecified atom stereocenters. The predicted octanol–water partition coefficient (Wildman–Crippen LogP) is 4.99. The molecule has 0 aromatic heterocycles. The second-order valence-corrected chi connectivity index (χ2v) is 5.38. The molecule has 100 valence electrons. The van der Waals surface area contributed by atoms with Crippen LogP contribution >= 0.6 is 11.8 Å². The molecule has 3 rings (SSSR count). The van der Waals surface area contributed by atoms with Gasteiger partial charge in [-0.15, -0.1) is 0 Å². The van der Waals surface area contributed by atoms with E-state index in [0.717, 1.165) is 0 Å². The van der Waals surface area contributed by atoms with Crippen LogP contribution < -0.4 is 10.2 Å². The molecule has 0 spiro atoms. The molecule has 19 heavy (non-hydrogen) atoms. The van der Waals surface area contributed by atoms with E-state index in [1.54, 1.807) is 0 Å². The Morgan fingerprint density at radius 3 is 2.32 bits per heavy atom. The number of nitrogens with zero attached hydrogens (tertiary/aromatic N) is 1. The zero-order valence-electron chi connectivity index (χ0n) is 11.9. The van der Waals surface area contributed by atoms with E-state index in [1.807, 2.05) is 25.6 Å². The lowest BCUT2D eigenvalue weighted by atomic mass is 10.2. The summed E-state index contributed by atoms with van der Waals surface area (Å²) in [6.45, 7) is 4.00. The zero-order valence-corrected chi connectivity index (χ0v) is 12.7. The number of hydrogen-bond acceptors (Lipinski definition) is 3. The second kappa shape index (κ2) is 6.02. The third-order valence-corrected chi connectivity index (χ3v) is 3.99. The van der Waals surface area contributed by atoms with Gasteiger partial charge in [0.05, 0.1) is 11.4 Å². The molecular formula is C16H20N2S. The van der Waals surface area contributed by atoms with Crippen molar-refractivity contribution in [3.05, 3.63) is 42.5 Å². The Labute approximate surface area is 119 Å². The molecule has 0 aliphatic carbocycles. The molecular weight excluding hydrogens is 252 g/mol. The molecule has 2 aromatic rings. The SMILES string of the molecule is CC.CN(C)c1ccc2c(c1)Sc1ccccc1N2. The average molecular weight is 272 g/mol. The largest absolute Gasteiger partial charge is 0.378 e. The van der Waals surface area contributed by atoms with Gasteiger partial charge in [-0.05, 0) is 30.3 Å². The van der Waals surface area contributed by atoms with E-state index in [1.165, 1.54) is 26.9 Å². The molecule has 2 nitrogen and oxygen atoms in total. The Morgan fingerprint density at radius 2 is 1.58 bits per heavy atom. The first-order chi connectivity index (χ1) is 9.24. The lowest BCUT2D eigenvalue weighted by Crippen LogP contribution is -2.09. The Balaban J connectivity index is 0.000000637. The summed E-state index contributed by atoms with van der Waals surface area (Å²) in [6, 6.07) is 14.9. The van der Waals surface area contributed by atoms with E-state index in [9.17, 15) is 0 Å². The number of rotatable bonds is 1. The van der Waals surface area contributed by atoms with Crippen LogP contribution in [0.1, 0.15) is 13.8 Å². The molecule has 0 radical (unpaired) electrons. The van der Waals surface area contributed by atoms with Crippen LogP contribution in [0, 0.1) is 0 Å². The van der Waals surface area contributed by atoms with Crippen molar-refractivity contribution in [2.24, 2.45) is 0 Å². The fourth-order valence-corrected chi connectivity index (χ4v) is 2.92. The maximum Gasteiger partial charge on any atom is 0.0527 e. The van der Waals surface area contributed by atoms with Gasteiger partial charge in [0.15, 0.2) is 0 Å². The quantitative estimate of drug-likeness (QED) is 0.672. The Kier molecular flexibility index (Phi) is 4.38. The second-order valence-electron chi connectivity index (χ2n) is 4.30. The van der Waals surface area contributed by atoms with Crippen molar-refractivity contribution >= 4 is 28.8 Å². The molecule has 0 fully saturated rings. The van der Waals surface area contributed by atoms with Crippen molar-refractivity contribution < 1.29 is 0 Å². The van der Waals surface area contributed by atoms with Crippen LogP contribution in [0.25, 0.3) is 0 Å². The highest BCUT2D eigenvalue weighted by Gasteiger charge is 2.15. The summed E-state index contributed by atoms with van der Waals surface area (Å²) in [5.74, 6) is 0. The molecule has 0 amide bonds. The summed E-state index contributed by atoms with van der Waals surface area (Å²) in [6.07, 6.45) is 0. The van der Waals surface area contributed by atoms with E-state index in [-0.39, 0.29) is 0 Å². The van der Waals surface area contributed by atoms with Crippen molar-refractivity contribution in [1.82, 2.24) is 0 Å². The van der Waals surface area contributed by atoms with Gasteiger partial charge in [0.25, 0.3) is 0 Å². The maximum absolute atomic E-state index is 3.47. The van der Waals surface area contributed by atoms with Crippen LogP contribution in [0.2, 0.25) is 0 Å². The van der Waals surface area contributed by atoms with Crippen LogP contribution in [0.3, 0.4) is 0 Å². The van der Waals surface area contributed by atoms with E-state index in [0.29, 0.717) is 0 Å². The predicted molar refractivity (Wildman–Crippen MR) is 86.0 cm³/mol. The van der Waals surface area contributed by atoms with Crippen molar-refractivity contribution in [2.75, 3.05) is 24.3 Å². The molecule has 0 atom stereocenters. The Morgan fingerprint density at radius 1 is 0.895 bits per heavy atom. The van der Waals surface area contributed by atoms with Gasteiger partial charge in [-0.25, -0.2) is 0 Å². The minimum Gasteiger partial charge on any atom is -0.378 e. The van der Waals surface area contributed by atoms with Gasteiger partial charge in [-0.2, -0.15) is 0 Å². The first-order valence-corrected chi connectivity index (χ1v) is 7.41. The minimum atomic E-state index is 1.19. The van der Waals surface area contributed by atoms with Crippen molar-refractivity contribution in [3.63, 3.8) is 0 Å². The topological polar surface area (TPSA) is 15.3 Å². The number of benzene rings is 2. The molecule has 3 heteroatoms. The molecule has 0 saturated carbocycles. The molecule has 1 N–H and O–H groups in total. The molecule has 2 aromatic carbocycles. The highest BCUT2D eigenvalue weighted by Crippen LogP contribution is 2.44. The fourth-order valence-electron chi connectivity index (χ4n) is 1.90. The zero-order chi connectivity index (χ0) is 13.8. The number of hydrogen-bond donors (Lipinski definition) is 1. The van der Waals surface area contributed by atoms with Crippen molar-refractivity contribution in [1.29, 1.82) is 0 Å². The van der Waals surface area contributed by atoms with Crippen LogP contribution in [-0.2, 0) is 0 Å². The van der Waals surface area contributed by atoms with Gasteiger partial charge >= 0.3 is 0 Å². The molecule has 1 heterocycles. The van der Waals surface area contributed by atoms with Gasteiger partial charge in [0.2, 0.25) is 0 Å². The summed E-state index contributed by atoms with van der Waals surface area (Å²) < 4.78 is 0. The van der Waals surface area contributed by atoms with Crippen molar-refractivity contribution in [2.45, 2.75) is 23.6 Å². The fraction of sp³-hybridized carbons (Fsp3) is 0.250. The summed E-state index contributed by atoms with van der Waals surface area (Å²) >= 11 is 1.82. The van der Waals surface area contributed by atoms with Crippen LogP contribution in [-0.4, -0.2) is 14.1 Å². The first kappa shape index (κ1) is 13.8. The Hall–Kier alpha value is -1.61. The molecule has 1 aliphatic heterocycles. The summed E-state index contributed by atoms with van der Waals surface area (Å²) in [7, 11) is 4.13. The maximum atomic E-state index is 3.47. The molecule has 1 aliphatic rings. The van der Waals surface area contributed by atoms with Gasteiger partial charge in [0.1, 0.15) is 0 Å². The summed E-state index contributed by atoms with van der Waals surface area (Å²) in [5, 5.41) is 3.47. The number of fused-ring (bicyclic) bond motifs is 2. The van der Waals surface area contributed by atoms with Crippen LogP contribution in [0.15, 0.2) is 52.3 Å². The van der Waals surface area contributed by atoms with Crippen LogP contribution in [0.4, 0.5) is 17.1 Å². The smallest absolute Gasteiger partial charge is 0.0527 e. The van der Waals surface area contributed by atoms with Crippen molar-refractivity contribution in [3.8, 4) is 0 Å². The van der Waals surface area contributed by atoms with Crippen LogP contribution in [0.5, 0.6) is 0 Å². The van der Waals surface area contributed by atoms with E-state index >= 15 is 0 Å². The first-order valence-electron chi connectivity index (χ1n) is 6.59. The number of nitrogens with one attached hydrogen (secondary N) is 1. The lowest BCUT2D eigenvalue weighted by molar-refractivity contribution is 1.12. The number of para-hydroxylation sites is 1. The van der Waals surface area contributed by atoms with E-state index in [2.05, 4.69) is 66.8 Å². The Bertz CT molecular complexity index is 564. The normalized spacial score (nSPS) is 11.4. The third kappa shape index (κ3) is 2.87. The van der Waals surface area contributed by atoms with Gasteiger partial charge in [-0.3, -0.25) is 0 Å². The van der Waals surface area contributed by atoms with E-state index in [4.69, 9.17) is 0 Å². The lowest BCUT2D eigenvalue weighted by Gasteiger charge is -2.22. The highest BCUT2D eigenvalue weighted by atomic mass is 32.2. The summed E-state index contributed by atoms with van der Waals surface area (Å²) in [5.41, 5.74) is 3.62. The standard InChI is InChI=1S/C14H14N2S.C2H6/c1-16(2)10-7-8-12-14(9-10)17-13-6-4-3-5-11(13)15-12;1-2/h3-9,15H,1-2H3;1-2H3. The van der Waals surface area contributed by atoms with E-state index < -0.39 is 0 Å². The van der Waals surface area contributed by atoms with Gasteiger partial charge < -0.3 is 10.2 Å². The van der Waals surface area contributed by atoms with Gasteiger partial charge in [0, 0.05) is 29.6 Å². The van der Waals surface area contributed by atoms with Gasteiger partial charge in [-0.1, -0.05) is 37.7 Å². The number of anilines is 3. The average Bonchev–Trinajstić information content (AvgIpc) is 2.46. The molecule has 0 saturated heterocycles. The minimum absolute atomic E-state index is 1.19. The molecule has 0 bridgehead atoms. The monoisotopic (exact) mass is 272 g/mol. The highest BCUT2D eigenvalue weighted by molar-refractivity contribution is 7.99. The third-order valence-electron chi connectivity index (χ3n) is 2.86.